The molecule has 6 heteroatoms. The number of anilines is 2. The molecule has 0 amide bonds. The van der Waals surface area contributed by atoms with Gasteiger partial charge in [0.15, 0.2) is 0 Å². The third-order valence-corrected chi connectivity index (χ3v) is 4.67. The van der Waals surface area contributed by atoms with Crippen molar-refractivity contribution in [2.45, 2.75) is 11.8 Å². The number of halogens is 1. The zero-order valence-corrected chi connectivity index (χ0v) is 12.6. The quantitative estimate of drug-likeness (QED) is 0.843. The fourth-order valence-electron chi connectivity index (χ4n) is 1.52. The van der Waals surface area contributed by atoms with Crippen molar-refractivity contribution in [3.63, 3.8) is 0 Å². The summed E-state index contributed by atoms with van der Waals surface area (Å²) in [4.78, 5) is 0.228. The molecule has 0 unspecified atom stereocenters. The Balaban J connectivity index is 2.30. The average Bonchev–Trinajstić information content (AvgIpc) is 2.34. The summed E-state index contributed by atoms with van der Waals surface area (Å²) in [5.74, 6) is 0. The summed E-state index contributed by atoms with van der Waals surface area (Å²) < 4.78 is 27.5. The van der Waals surface area contributed by atoms with Crippen LogP contribution in [0, 0.1) is 6.92 Å². The third-order valence-electron chi connectivity index (χ3n) is 2.58. The standard InChI is InChI=1S/C13H13BrN2O2S/c1-9-2-5-11(6-3-9)19(17,18)16-10-4-7-13(15)12(14)8-10/h2-8,16H,15H2,1H3. The Morgan fingerprint density at radius 3 is 2.32 bits per heavy atom. The zero-order valence-electron chi connectivity index (χ0n) is 10.2. The SMILES string of the molecule is Cc1ccc(S(=O)(=O)Nc2ccc(N)c(Br)c2)cc1. The lowest BCUT2D eigenvalue weighted by Gasteiger charge is -2.09. The van der Waals surface area contributed by atoms with E-state index in [1.165, 1.54) is 0 Å². The maximum atomic E-state index is 12.2. The molecule has 0 atom stereocenters. The van der Waals surface area contributed by atoms with Crippen molar-refractivity contribution in [3.8, 4) is 0 Å². The topological polar surface area (TPSA) is 72.2 Å². The molecule has 2 aromatic rings. The molecule has 0 saturated carbocycles. The molecule has 3 N–H and O–H groups in total. The maximum Gasteiger partial charge on any atom is 0.261 e. The highest BCUT2D eigenvalue weighted by molar-refractivity contribution is 9.10. The molecule has 0 bridgehead atoms. The van der Waals surface area contributed by atoms with Crippen LogP contribution in [-0.2, 0) is 10.0 Å². The highest BCUT2D eigenvalue weighted by Gasteiger charge is 2.14. The van der Waals surface area contributed by atoms with E-state index < -0.39 is 10.0 Å². The molecule has 2 rings (SSSR count). The van der Waals surface area contributed by atoms with Gasteiger partial charge >= 0.3 is 0 Å². The molecule has 0 aliphatic carbocycles. The van der Waals surface area contributed by atoms with Gasteiger partial charge in [-0.15, -0.1) is 0 Å². The van der Waals surface area contributed by atoms with Gasteiger partial charge in [0.2, 0.25) is 0 Å². The second kappa shape index (κ2) is 5.22. The smallest absolute Gasteiger partial charge is 0.261 e. The number of nitrogen functional groups attached to an aromatic ring is 1. The van der Waals surface area contributed by atoms with Crippen LogP contribution in [0.4, 0.5) is 11.4 Å². The van der Waals surface area contributed by atoms with Crippen LogP contribution in [-0.4, -0.2) is 8.42 Å². The van der Waals surface area contributed by atoms with E-state index in [2.05, 4.69) is 20.7 Å². The molecule has 19 heavy (non-hydrogen) atoms. The summed E-state index contributed by atoms with van der Waals surface area (Å²) in [6.45, 7) is 1.90. The molecule has 0 aliphatic rings. The molecule has 2 aromatic carbocycles. The Kier molecular flexibility index (Phi) is 3.82. The van der Waals surface area contributed by atoms with E-state index >= 15 is 0 Å². The number of hydrogen-bond acceptors (Lipinski definition) is 3. The largest absolute Gasteiger partial charge is 0.398 e. The Bertz CT molecular complexity index is 697. The molecule has 0 heterocycles. The molecule has 0 radical (unpaired) electrons. The van der Waals surface area contributed by atoms with Gasteiger partial charge in [0, 0.05) is 10.2 Å². The van der Waals surface area contributed by atoms with Crippen molar-refractivity contribution >= 4 is 37.3 Å². The van der Waals surface area contributed by atoms with Crippen LogP contribution in [0.2, 0.25) is 0 Å². The lowest BCUT2D eigenvalue weighted by Crippen LogP contribution is -2.12. The van der Waals surface area contributed by atoms with Gasteiger partial charge < -0.3 is 5.73 Å². The van der Waals surface area contributed by atoms with Crippen LogP contribution in [0.25, 0.3) is 0 Å². The molecule has 4 nitrogen and oxygen atoms in total. The summed E-state index contributed by atoms with van der Waals surface area (Å²) in [5.41, 5.74) is 7.68. The number of aryl methyl sites for hydroxylation is 1. The van der Waals surface area contributed by atoms with Gasteiger partial charge in [-0.1, -0.05) is 17.7 Å². The first-order chi connectivity index (χ1) is 8.88. The van der Waals surface area contributed by atoms with Gasteiger partial charge in [-0.2, -0.15) is 0 Å². The van der Waals surface area contributed by atoms with Crippen LogP contribution in [0.5, 0.6) is 0 Å². The first-order valence-electron chi connectivity index (χ1n) is 5.53. The fourth-order valence-corrected chi connectivity index (χ4v) is 2.95. The molecule has 0 aliphatic heterocycles. The van der Waals surface area contributed by atoms with Crippen LogP contribution in [0.15, 0.2) is 51.8 Å². The number of hydrogen-bond donors (Lipinski definition) is 2. The summed E-state index contributed by atoms with van der Waals surface area (Å²) in [7, 11) is -3.57. The molecular weight excluding hydrogens is 328 g/mol. The van der Waals surface area contributed by atoms with Gasteiger partial charge in [0.05, 0.1) is 10.6 Å². The summed E-state index contributed by atoms with van der Waals surface area (Å²) in [5, 5.41) is 0. The minimum atomic E-state index is -3.57. The lowest BCUT2D eigenvalue weighted by atomic mass is 10.2. The van der Waals surface area contributed by atoms with E-state index in [-0.39, 0.29) is 4.90 Å². The molecule has 0 fully saturated rings. The Labute approximate surface area is 120 Å². The summed E-state index contributed by atoms with van der Waals surface area (Å²) in [6, 6.07) is 11.5. The minimum Gasteiger partial charge on any atom is -0.398 e. The van der Waals surface area contributed by atoms with E-state index in [9.17, 15) is 8.42 Å². The summed E-state index contributed by atoms with van der Waals surface area (Å²) >= 11 is 3.26. The third kappa shape index (κ3) is 3.27. The van der Waals surface area contributed by atoms with Crippen molar-refractivity contribution < 1.29 is 8.42 Å². The van der Waals surface area contributed by atoms with E-state index in [0.717, 1.165) is 5.56 Å². The lowest BCUT2D eigenvalue weighted by molar-refractivity contribution is 0.601. The van der Waals surface area contributed by atoms with E-state index in [1.807, 2.05) is 6.92 Å². The number of nitrogens with two attached hydrogens (primary N) is 1. The van der Waals surface area contributed by atoms with Gasteiger partial charge in [-0.05, 0) is 53.2 Å². The summed E-state index contributed by atoms with van der Waals surface area (Å²) in [6.07, 6.45) is 0. The monoisotopic (exact) mass is 340 g/mol. The highest BCUT2D eigenvalue weighted by Crippen LogP contribution is 2.25. The van der Waals surface area contributed by atoms with Crippen LogP contribution >= 0.6 is 15.9 Å². The Hall–Kier alpha value is -1.53. The number of rotatable bonds is 3. The van der Waals surface area contributed by atoms with Crippen LogP contribution in [0.3, 0.4) is 0 Å². The van der Waals surface area contributed by atoms with E-state index in [4.69, 9.17) is 5.73 Å². The van der Waals surface area contributed by atoms with E-state index in [1.54, 1.807) is 42.5 Å². The molecular formula is C13H13BrN2O2S. The predicted molar refractivity (Wildman–Crippen MR) is 80.5 cm³/mol. The average molecular weight is 341 g/mol. The first-order valence-corrected chi connectivity index (χ1v) is 7.80. The van der Waals surface area contributed by atoms with Crippen molar-refractivity contribution in [1.29, 1.82) is 0 Å². The van der Waals surface area contributed by atoms with Gasteiger partial charge in [0.25, 0.3) is 10.0 Å². The molecule has 0 aromatic heterocycles. The normalized spacial score (nSPS) is 11.3. The van der Waals surface area contributed by atoms with Crippen molar-refractivity contribution in [2.24, 2.45) is 0 Å². The van der Waals surface area contributed by atoms with Crippen molar-refractivity contribution in [3.05, 3.63) is 52.5 Å². The highest BCUT2D eigenvalue weighted by atomic mass is 79.9. The fraction of sp³-hybridized carbons (Fsp3) is 0.0769. The van der Waals surface area contributed by atoms with Gasteiger partial charge in [0.1, 0.15) is 0 Å². The van der Waals surface area contributed by atoms with Gasteiger partial charge in [-0.25, -0.2) is 8.42 Å². The number of benzene rings is 2. The Morgan fingerprint density at radius 2 is 1.74 bits per heavy atom. The van der Waals surface area contributed by atoms with Crippen molar-refractivity contribution in [2.75, 3.05) is 10.5 Å². The molecule has 0 spiro atoms. The minimum absolute atomic E-state index is 0.228. The second-order valence-corrected chi connectivity index (χ2v) is 6.69. The Morgan fingerprint density at radius 1 is 1.11 bits per heavy atom. The molecule has 0 saturated heterocycles. The van der Waals surface area contributed by atoms with Crippen LogP contribution in [0.1, 0.15) is 5.56 Å². The number of nitrogens with one attached hydrogen (secondary N) is 1. The van der Waals surface area contributed by atoms with Crippen molar-refractivity contribution in [1.82, 2.24) is 0 Å². The second-order valence-electron chi connectivity index (χ2n) is 4.15. The zero-order chi connectivity index (χ0) is 14.0. The van der Waals surface area contributed by atoms with E-state index in [0.29, 0.717) is 15.8 Å². The van der Waals surface area contributed by atoms with Gasteiger partial charge in [-0.3, -0.25) is 4.72 Å². The van der Waals surface area contributed by atoms with Crippen LogP contribution < -0.4 is 10.5 Å². The maximum absolute atomic E-state index is 12.2. The molecule has 100 valence electrons. The first kappa shape index (κ1) is 13.9. The predicted octanol–water partition coefficient (Wildman–Crippen LogP) is 3.14. The number of sulfonamides is 1.